The Morgan fingerprint density at radius 1 is 1.05 bits per heavy atom. The van der Waals surface area contributed by atoms with E-state index < -0.39 is 24.4 Å². The summed E-state index contributed by atoms with van der Waals surface area (Å²) in [5.41, 5.74) is 0. The van der Waals surface area contributed by atoms with E-state index in [1.54, 1.807) is 0 Å². The van der Waals surface area contributed by atoms with Crippen molar-refractivity contribution in [2.75, 3.05) is 5.88 Å². The molecule has 0 amide bonds. The lowest BCUT2D eigenvalue weighted by molar-refractivity contribution is -0.458. The number of rotatable bonds is 12. The summed E-state index contributed by atoms with van der Waals surface area (Å²) in [6.07, 6.45) is 7.90. The average Bonchev–Trinajstić information content (AvgIpc) is 2.30. The van der Waals surface area contributed by atoms with Crippen LogP contribution >= 0.6 is 10.8 Å². The highest BCUT2D eigenvalue weighted by molar-refractivity contribution is 8.72. The van der Waals surface area contributed by atoms with E-state index in [0.717, 1.165) is 62.2 Å². The van der Waals surface area contributed by atoms with Crippen molar-refractivity contribution in [2.45, 2.75) is 76.9 Å². The molecule has 0 bridgehead atoms. The molecule has 0 fully saturated rings. The molecule has 7 heteroatoms. The Balaban J connectivity index is 4.63. The fourth-order valence-corrected chi connectivity index (χ4v) is 6.28. The SMILES string of the molecule is CCCCCCC(C)(CCCC)SS(=O)(=O)C[N+](=O)[O-]. The molecule has 1 unspecified atom stereocenters. The van der Waals surface area contributed by atoms with Gasteiger partial charge in [-0.1, -0.05) is 52.4 Å². The standard InChI is InChI=1S/C13H27NO4S2/c1-4-6-8-9-11-13(3,10-7-5-2)19-20(17,18)12-14(15)16/h4-12H2,1-3H3. The first-order chi connectivity index (χ1) is 9.24. The van der Waals surface area contributed by atoms with Crippen LogP contribution in [0.4, 0.5) is 0 Å². The van der Waals surface area contributed by atoms with Gasteiger partial charge in [0, 0.05) is 9.67 Å². The molecule has 0 aromatic carbocycles. The fraction of sp³-hybridized carbons (Fsp3) is 1.00. The first-order valence-corrected chi connectivity index (χ1v) is 10.3. The van der Waals surface area contributed by atoms with Crippen LogP contribution in [-0.2, 0) is 8.87 Å². The Morgan fingerprint density at radius 3 is 2.10 bits per heavy atom. The summed E-state index contributed by atoms with van der Waals surface area (Å²) in [7, 11) is -2.89. The Kier molecular flexibility index (Phi) is 9.46. The predicted octanol–water partition coefficient (Wildman–Crippen LogP) is 4.20. The van der Waals surface area contributed by atoms with E-state index in [1.807, 2.05) is 6.92 Å². The molecule has 1 atom stereocenters. The van der Waals surface area contributed by atoms with Gasteiger partial charge < -0.3 is 0 Å². The van der Waals surface area contributed by atoms with Gasteiger partial charge in [0.15, 0.2) is 0 Å². The largest absolute Gasteiger partial charge is 0.311 e. The van der Waals surface area contributed by atoms with Crippen molar-refractivity contribution in [1.29, 1.82) is 0 Å². The van der Waals surface area contributed by atoms with Crippen molar-refractivity contribution in [3.8, 4) is 0 Å². The highest BCUT2D eigenvalue weighted by atomic mass is 33.1. The highest BCUT2D eigenvalue weighted by Gasteiger charge is 2.33. The van der Waals surface area contributed by atoms with Crippen molar-refractivity contribution in [2.24, 2.45) is 0 Å². The molecule has 0 rings (SSSR count). The molecule has 0 N–H and O–H groups in total. The second-order valence-electron chi connectivity index (χ2n) is 5.47. The Bertz CT molecular complexity index is 384. The van der Waals surface area contributed by atoms with Crippen molar-refractivity contribution in [3.63, 3.8) is 0 Å². The summed E-state index contributed by atoms with van der Waals surface area (Å²) in [5, 5.41) is 10.4. The van der Waals surface area contributed by atoms with E-state index in [2.05, 4.69) is 13.8 Å². The number of unbranched alkanes of at least 4 members (excludes halogenated alkanes) is 4. The lowest BCUT2D eigenvalue weighted by Gasteiger charge is -2.27. The molecule has 120 valence electrons. The molecule has 5 nitrogen and oxygen atoms in total. The molecule has 20 heavy (non-hydrogen) atoms. The highest BCUT2D eigenvalue weighted by Crippen LogP contribution is 2.39. The van der Waals surface area contributed by atoms with Gasteiger partial charge in [-0.3, -0.25) is 10.1 Å². The molecule has 0 aliphatic heterocycles. The summed E-state index contributed by atoms with van der Waals surface area (Å²) in [4.78, 5) is 9.66. The third-order valence-electron chi connectivity index (χ3n) is 3.21. The molecule has 0 saturated heterocycles. The van der Waals surface area contributed by atoms with Crippen LogP contribution in [0, 0.1) is 10.1 Å². The van der Waals surface area contributed by atoms with Crippen LogP contribution in [0.15, 0.2) is 0 Å². The van der Waals surface area contributed by atoms with Gasteiger partial charge >= 0.3 is 5.88 Å². The van der Waals surface area contributed by atoms with E-state index in [9.17, 15) is 18.5 Å². The number of nitro groups is 1. The Labute approximate surface area is 126 Å². The van der Waals surface area contributed by atoms with Crippen LogP contribution in [0.2, 0.25) is 0 Å². The molecule has 0 heterocycles. The molecule has 0 aliphatic carbocycles. The quantitative estimate of drug-likeness (QED) is 0.232. The predicted molar refractivity (Wildman–Crippen MR) is 85.1 cm³/mol. The van der Waals surface area contributed by atoms with Gasteiger partial charge in [0.05, 0.1) is 0 Å². The van der Waals surface area contributed by atoms with E-state index in [0.29, 0.717) is 0 Å². The second kappa shape index (κ2) is 9.60. The van der Waals surface area contributed by atoms with Crippen LogP contribution in [0.3, 0.4) is 0 Å². The molecule has 0 aromatic heterocycles. The Morgan fingerprint density at radius 2 is 1.60 bits per heavy atom. The van der Waals surface area contributed by atoms with Gasteiger partial charge in [0.2, 0.25) is 0 Å². The minimum atomic E-state index is -3.69. The van der Waals surface area contributed by atoms with Crippen molar-refractivity contribution >= 4 is 19.7 Å². The van der Waals surface area contributed by atoms with E-state index >= 15 is 0 Å². The summed E-state index contributed by atoms with van der Waals surface area (Å²) < 4.78 is 23.3. The topological polar surface area (TPSA) is 77.3 Å². The van der Waals surface area contributed by atoms with Gasteiger partial charge in [-0.25, -0.2) is 8.42 Å². The zero-order valence-electron chi connectivity index (χ0n) is 12.8. The molecule has 0 aliphatic rings. The molecular weight excluding hydrogens is 298 g/mol. The van der Waals surface area contributed by atoms with Gasteiger partial charge in [-0.05, 0) is 30.6 Å². The van der Waals surface area contributed by atoms with Gasteiger partial charge in [-0.15, -0.1) is 0 Å². The van der Waals surface area contributed by atoms with Gasteiger partial charge in [0.25, 0.3) is 8.87 Å². The van der Waals surface area contributed by atoms with Crippen molar-refractivity contribution < 1.29 is 13.3 Å². The smallest absolute Gasteiger partial charge is 0.263 e. The molecule has 0 radical (unpaired) electrons. The maximum absolute atomic E-state index is 11.8. The van der Waals surface area contributed by atoms with E-state index in [1.165, 1.54) is 0 Å². The third kappa shape index (κ3) is 9.58. The molecule has 0 aromatic rings. The summed E-state index contributed by atoms with van der Waals surface area (Å²) in [6, 6.07) is 0. The molecule has 0 spiro atoms. The van der Waals surface area contributed by atoms with Gasteiger partial charge in [0.1, 0.15) is 0 Å². The van der Waals surface area contributed by atoms with E-state index in [4.69, 9.17) is 0 Å². The van der Waals surface area contributed by atoms with Crippen molar-refractivity contribution in [3.05, 3.63) is 10.1 Å². The van der Waals surface area contributed by atoms with Gasteiger partial charge in [-0.2, -0.15) is 0 Å². The zero-order valence-corrected chi connectivity index (χ0v) is 14.4. The fourth-order valence-electron chi connectivity index (χ4n) is 2.15. The molecular formula is C13H27NO4S2. The molecule has 0 saturated carbocycles. The first kappa shape index (κ1) is 19.7. The minimum Gasteiger partial charge on any atom is -0.263 e. The summed E-state index contributed by atoms with van der Waals surface area (Å²) in [5.74, 6) is -0.978. The number of nitrogens with zero attached hydrogens (tertiary/aromatic N) is 1. The maximum atomic E-state index is 11.8. The lowest BCUT2D eigenvalue weighted by atomic mass is 9.96. The van der Waals surface area contributed by atoms with E-state index in [-0.39, 0.29) is 0 Å². The monoisotopic (exact) mass is 325 g/mol. The average molecular weight is 325 g/mol. The van der Waals surface area contributed by atoms with Crippen LogP contribution < -0.4 is 0 Å². The lowest BCUT2D eigenvalue weighted by Crippen LogP contribution is -2.25. The maximum Gasteiger partial charge on any atom is 0.311 e. The Hall–Kier alpha value is -0.300. The number of hydrogen-bond donors (Lipinski definition) is 0. The first-order valence-electron chi connectivity index (χ1n) is 7.30. The normalized spacial score (nSPS) is 14.9. The third-order valence-corrected chi connectivity index (χ3v) is 7.09. The summed E-state index contributed by atoms with van der Waals surface area (Å²) in [6.45, 7) is 6.12. The van der Waals surface area contributed by atoms with Crippen LogP contribution in [0.1, 0.15) is 72.1 Å². The van der Waals surface area contributed by atoms with Crippen molar-refractivity contribution in [1.82, 2.24) is 0 Å². The number of hydrogen-bond acceptors (Lipinski definition) is 5. The zero-order chi connectivity index (χ0) is 15.6. The second-order valence-corrected chi connectivity index (χ2v) is 10.0. The van der Waals surface area contributed by atoms with Crippen LogP contribution in [0.25, 0.3) is 0 Å². The van der Waals surface area contributed by atoms with Crippen LogP contribution in [-0.4, -0.2) is 24.0 Å². The van der Waals surface area contributed by atoms with Crippen LogP contribution in [0.5, 0.6) is 0 Å². The minimum absolute atomic E-state index is 0.404. The summed E-state index contributed by atoms with van der Waals surface area (Å²) >= 11 is 0.